The van der Waals surface area contributed by atoms with Crippen LogP contribution < -0.4 is 0 Å². The van der Waals surface area contributed by atoms with Crippen LogP contribution >= 0.6 is 0 Å². The van der Waals surface area contributed by atoms with Gasteiger partial charge in [-0.05, 0) is 18.2 Å². The lowest BCUT2D eigenvalue weighted by atomic mass is 10.1. The SMILES string of the molecule is Fc1ccccc1Cn1nc(-c2ccccc2)c2cccnc21. The lowest BCUT2D eigenvalue weighted by Gasteiger charge is -2.04. The van der Waals surface area contributed by atoms with Crippen LogP contribution in [0.1, 0.15) is 5.56 Å². The minimum absolute atomic E-state index is 0.228. The fraction of sp³-hybridized carbons (Fsp3) is 0.0526. The Hall–Kier alpha value is -3.01. The van der Waals surface area contributed by atoms with Crippen LogP contribution in [0.4, 0.5) is 4.39 Å². The predicted molar refractivity (Wildman–Crippen MR) is 88.5 cm³/mol. The summed E-state index contributed by atoms with van der Waals surface area (Å²) in [6.07, 6.45) is 1.73. The van der Waals surface area contributed by atoms with Gasteiger partial charge < -0.3 is 0 Å². The van der Waals surface area contributed by atoms with Crippen molar-refractivity contribution in [2.45, 2.75) is 6.54 Å². The maximum absolute atomic E-state index is 13.9. The summed E-state index contributed by atoms with van der Waals surface area (Å²) in [4.78, 5) is 4.43. The van der Waals surface area contributed by atoms with E-state index in [0.29, 0.717) is 12.1 Å². The Morgan fingerprint density at radius 2 is 1.65 bits per heavy atom. The van der Waals surface area contributed by atoms with Crippen molar-refractivity contribution in [3.63, 3.8) is 0 Å². The Kier molecular flexibility index (Phi) is 3.35. The van der Waals surface area contributed by atoms with Crippen LogP contribution in [0.15, 0.2) is 72.9 Å². The smallest absolute Gasteiger partial charge is 0.158 e. The largest absolute Gasteiger partial charge is 0.242 e. The van der Waals surface area contributed by atoms with Crippen molar-refractivity contribution in [3.8, 4) is 11.3 Å². The summed E-state index contributed by atoms with van der Waals surface area (Å²) in [6, 6.07) is 20.6. The van der Waals surface area contributed by atoms with E-state index in [1.165, 1.54) is 6.07 Å². The van der Waals surface area contributed by atoms with E-state index in [2.05, 4.69) is 10.1 Å². The van der Waals surface area contributed by atoms with Crippen LogP contribution in [-0.2, 0) is 6.54 Å². The molecule has 4 aromatic rings. The molecule has 2 aromatic heterocycles. The minimum atomic E-state index is -0.228. The predicted octanol–water partition coefficient (Wildman–Crippen LogP) is 4.29. The van der Waals surface area contributed by atoms with Crippen molar-refractivity contribution < 1.29 is 4.39 Å². The van der Waals surface area contributed by atoms with E-state index >= 15 is 0 Å². The summed E-state index contributed by atoms with van der Waals surface area (Å²) in [6.45, 7) is 0.354. The molecule has 23 heavy (non-hydrogen) atoms. The van der Waals surface area contributed by atoms with Crippen molar-refractivity contribution in [1.82, 2.24) is 14.8 Å². The van der Waals surface area contributed by atoms with Crippen LogP contribution in [-0.4, -0.2) is 14.8 Å². The molecule has 0 aliphatic rings. The number of rotatable bonds is 3. The summed E-state index contributed by atoms with van der Waals surface area (Å²) in [5.41, 5.74) is 3.25. The molecule has 0 bridgehead atoms. The lowest BCUT2D eigenvalue weighted by Crippen LogP contribution is -2.04. The third kappa shape index (κ3) is 2.48. The fourth-order valence-corrected chi connectivity index (χ4v) is 2.72. The number of fused-ring (bicyclic) bond motifs is 1. The molecule has 0 aliphatic heterocycles. The summed E-state index contributed by atoms with van der Waals surface area (Å²) in [5, 5.41) is 5.65. The van der Waals surface area contributed by atoms with Gasteiger partial charge in [-0.3, -0.25) is 0 Å². The minimum Gasteiger partial charge on any atom is -0.242 e. The molecule has 0 amide bonds. The zero-order chi connectivity index (χ0) is 15.6. The van der Waals surface area contributed by atoms with E-state index in [-0.39, 0.29) is 5.82 Å². The summed E-state index contributed by atoms with van der Waals surface area (Å²) >= 11 is 0. The molecule has 0 spiro atoms. The second-order valence-corrected chi connectivity index (χ2v) is 5.34. The number of nitrogens with zero attached hydrogens (tertiary/aromatic N) is 3. The Morgan fingerprint density at radius 3 is 2.48 bits per heavy atom. The highest BCUT2D eigenvalue weighted by Crippen LogP contribution is 2.27. The van der Waals surface area contributed by atoms with Gasteiger partial charge in [0.25, 0.3) is 0 Å². The van der Waals surface area contributed by atoms with Crippen molar-refractivity contribution in [1.29, 1.82) is 0 Å². The van der Waals surface area contributed by atoms with Crippen molar-refractivity contribution >= 4 is 11.0 Å². The van der Waals surface area contributed by atoms with E-state index in [4.69, 9.17) is 0 Å². The molecular weight excluding hydrogens is 289 g/mol. The Balaban J connectivity index is 1.87. The van der Waals surface area contributed by atoms with Crippen LogP contribution in [0.5, 0.6) is 0 Å². The molecule has 2 aromatic carbocycles. The van der Waals surface area contributed by atoms with Crippen LogP contribution in [0.2, 0.25) is 0 Å². The number of hydrogen-bond donors (Lipinski definition) is 0. The van der Waals surface area contributed by atoms with Gasteiger partial charge in [-0.2, -0.15) is 5.10 Å². The van der Waals surface area contributed by atoms with Gasteiger partial charge in [-0.15, -0.1) is 0 Å². The van der Waals surface area contributed by atoms with Crippen molar-refractivity contribution in [2.75, 3.05) is 0 Å². The average molecular weight is 303 g/mol. The van der Waals surface area contributed by atoms with Gasteiger partial charge in [0.15, 0.2) is 5.65 Å². The summed E-state index contributed by atoms with van der Waals surface area (Å²) < 4.78 is 15.7. The summed E-state index contributed by atoms with van der Waals surface area (Å²) in [7, 11) is 0. The molecule has 2 heterocycles. The molecular formula is C19H14FN3. The molecule has 0 aliphatic carbocycles. The monoisotopic (exact) mass is 303 g/mol. The van der Waals surface area contributed by atoms with Gasteiger partial charge in [0, 0.05) is 22.7 Å². The molecule has 0 saturated heterocycles. The van der Waals surface area contributed by atoms with Crippen LogP contribution in [0.25, 0.3) is 22.3 Å². The fourth-order valence-electron chi connectivity index (χ4n) is 2.72. The molecule has 0 radical (unpaired) electrons. The van der Waals surface area contributed by atoms with Gasteiger partial charge in [0.1, 0.15) is 11.5 Å². The first-order valence-electron chi connectivity index (χ1n) is 7.43. The average Bonchev–Trinajstić information content (AvgIpc) is 2.97. The molecule has 112 valence electrons. The molecule has 3 nitrogen and oxygen atoms in total. The quantitative estimate of drug-likeness (QED) is 0.565. The zero-order valence-electron chi connectivity index (χ0n) is 12.4. The van der Waals surface area contributed by atoms with Crippen LogP contribution in [0.3, 0.4) is 0 Å². The first kappa shape index (κ1) is 13.6. The standard InChI is InChI=1S/C19H14FN3/c20-17-11-5-4-9-15(17)13-23-19-16(10-6-12-21-19)18(22-23)14-7-2-1-3-8-14/h1-12H,13H2. The van der Waals surface area contributed by atoms with Gasteiger partial charge >= 0.3 is 0 Å². The molecule has 4 heteroatoms. The van der Waals surface area contributed by atoms with Gasteiger partial charge in [0.2, 0.25) is 0 Å². The number of hydrogen-bond acceptors (Lipinski definition) is 2. The molecule has 0 saturated carbocycles. The summed E-state index contributed by atoms with van der Waals surface area (Å²) in [5.74, 6) is -0.228. The first-order chi connectivity index (χ1) is 11.3. The Morgan fingerprint density at radius 1 is 0.870 bits per heavy atom. The zero-order valence-corrected chi connectivity index (χ0v) is 12.4. The Bertz CT molecular complexity index is 961. The van der Waals surface area contributed by atoms with E-state index in [0.717, 1.165) is 22.3 Å². The van der Waals surface area contributed by atoms with E-state index in [1.54, 1.807) is 23.0 Å². The van der Waals surface area contributed by atoms with Crippen molar-refractivity contribution in [3.05, 3.63) is 84.3 Å². The first-order valence-corrected chi connectivity index (χ1v) is 7.43. The second-order valence-electron chi connectivity index (χ2n) is 5.34. The van der Waals surface area contributed by atoms with E-state index < -0.39 is 0 Å². The highest BCUT2D eigenvalue weighted by Gasteiger charge is 2.14. The Labute approximate surface area is 133 Å². The normalized spacial score (nSPS) is 11.0. The number of benzene rings is 2. The van der Waals surface area contributed by atoms with Crippen molar-refractivity contribution in [2.24, 2.45) is 0 Å². The third-order valence-electron chi connectivity index (χ3n) is 3.83. The maximum atomic E-state index is 13.9. The topological polar surface area (TPSA) is 30.7 Å². The molecule has 0 atom stereocenters. The van der Waals surface area contributed by atoms with Gasteiger partial charge in [0.05, 0.1) is 6.54 Å². The lowest BCUT2D eigenvalue weighted by molar-refractivity contribution is 0.589. The van der Waals surface area contributed by atoms with E-state index in [1.807, 2.05) is 48.5 Å². The number of pyridine rings is 1. The highest BCUT2D eigenvalue weighted by atomic mass is 19.1. The van der Waals surface area contributed by atoms with Crippen LogP contribution in [0, 0.1) is 5.82 Å². The van der Waals surface area contributed by atoms with Gasteiger partial charge in [-0.25, -0.2) is 14.1 Å². The van der Waals surface area contributed by atoms with Gasteiger partial charge in [-0.1, -0.05) is 48.5 Å². The number of halogens is 1. The molecule has 0 unspecified atom stereocenters. The maximum Gasteiger partial charge on any atom is 0.158 e. The highest BCUT2D eigenvalue weighted by molar-refractivity contribution is 5.91. The molecule has 0 N–H and O–H groups in total. The molecule has 4 rings (SSSR count). The third-order valence-corrected chi connectivity index (χ3v) is 3.83. The number of aromatic nitrogens is 3. The second kappa shape index (κ2) is 5.65. The molecule has 0 fully saturated rings. The van der Waals surface area contributed by atoms with E-state index in [9.17, 15) is 4.39 Å².